The molecule has 26 heavy (non-hydrogen) atoms. The zero-order valence-corrected chi connectivity index (χ0v) is 15.7. The predicted molar refractivity (Wildman–Crippen MR) is 96.4 cm³/mol. The fourth-order valence-corrected chi connectivity index (χ4v) is 4.36. The minimum atomic E-state index is -0.711. The van der Waals surface area contributed by atoms with Crippen LogP contribution in [0, 0.1) is 11.6 Å². The second-order valence-electron chi connectivity index (χ2n) is 5.84. The van der Waals surface area contributed by atoms with Gasteiger partial charge in [0, 0.05) is 19.0 Å². The number of hydrogen-bond donors (Lipinski definition) is 1. The monoisotopic (exact) mass is 398 g/mol. The van der Waals surface area contributed by atoms with Crippen LogP contribution in [0.25, 0.3) is 0 Å². The standard InChI is InChI=1S/C16H16F2N4O2S2/c1-8(14(24)19-13-7-10(17)3-6-12(13)18)25-16-21-20-15(26-16)22(9(2)23)11-4-5-11/h3,6-8,11H,4-5H2,1-2H3,(H,19,24). The molecule has 0 spiro atoms. The number of aromatic nitrogens is 2. The second-order valence-corrected chi connectivity index (χ2v) is 8.39. The molecule has 1 aromatic carbocycles. The van der Waals surface area contributed by atoms with Crippen molar-refractivity contribution >= 4 is 45.7 Å². The van der Waals surface area contributed by atoms with Gasteiger partial charge in [0.05, 0.1) is 10.9 Å². The van der Waals surface area contributed by atoms with E-state index in [4.69, 9.17) is 0 Å². The van der Waals surface area contributed by atoms with Gasteiger partial charge in [0.1, 0.15) is 11.6 Å². The zero-order chi connectivity index (χ0) is 18.8. The Labute approximate surface area is 157 Å². The number of thioether (sulfide) groups is 1. The molecular formula is C16H16F2N4O2S2. The number of nitrogens with zero attached hydrogens (tertiary/aromatic N) is 3. The first-order valence-corrected chi connectivity index (χ1v) is 9.60. The molecule has 0 radical (unpaired) electrons. The van der Waals surface area contributed by atoms with Crippen molar-refractivity contribution < 1.29 is 18.4 Å². The maximum absolute atomic E-state index is 13.6. The van der Waals surface area contributed by atoms with Crippen LogP contribution in [-0.4, -0.2) is 33.3 Å². The Balaban J connectivity index is 1.64. The van der Waals surface area contributed by atoms with Gasteiger partial charge in [-0.15, -0.1) is 10.2 Å². The van der Waals surface area contributed by atoms with E-state index in [-0.39, 0.29) is 17.6 Å². The van der Waals surface area contributed by atoms with Crippen molar-refractivity contribution in [2.24, 2.45) is 0 Å². The molecule has 1 aromatic heterocycles. The van der Waals surface area contributed by atoms with Crippen LogP contribution in [0.5, 0.6) is 0 Å². The summed E-state index contributed by atoms with van der Waals surface area (Å²) >= 11 is 2.37. The number of benzene rings is 1. The Kier molecular flexibility index (Phi) is 5.52. The van der Waals surface area contributed by atoms with Gasteiger partial charge in [-0.3, -0.25) is 14.5 Å². The summed E-state index contributed by atoms with van der Waals surface area (Å²) in [5.41, 5.74) is -0.211. The lowest BCUT2D eigenvalue weighted by Gasteiger charge is -2.15. The minimum Gasteiger partial charge on any atom is -0.323 e. The molecule has 1 aliphatic rings. The van der Waals surface area contributed by atoms with Gasteiger partial charge >= 0.3 is 0 Å². The summed E-state index contributed by atoms with van der Waals surface area (Å²) in [6.45, 7) is 3.11. The molecule has 6 nitrogen and oxygen atoms in total. The van der Waals surface area contributed by atoms with Crippen LogP contribution in [0.1, 0.15) is 26.7 Å². The summed E-state index contributed by atoms with van der Waals surface area (Å²) < 4.78 is 27.3. The highest BCUT2D eigenvalue weighted by Crippen LogP contribution is 2.36. The topological polar surface area (TPSA) is 75.2 Å². The summed E-state index contributed by atoms with van der Waals surface area (Å²) in [5, 5.41) is 10.3. The van der Waals surface area contributed by atoms with Crippen LogP contribution in [0.3, 0.4) is 0 Å². The SMILES string of the molecule is CC(=O)N(c1nnc(SC(C)C(=O)Nc2cc(F)ccc2F)s1)C1CC1. The Morgan fingerprint density at radius 3 is 2.73 bits per heavy atom. The average Bonchev–Trinajstić information content (AvgIpc) is 3.30. The predicted octanol–water partition coefficient (Wildman–Crippen LogP) is 3.45. The maximum Gasteiger partial charge on any atom is 0.237 e. The number of anilines is 2. The number of hydrogen-bond acceptors (Lipinski definition) is 6. The lowest BCUT2D eigenvalue weighted by atomic mass is 10.3. The quantitative estimate of drug-likeness (QED) is 0.596. The number of halogens is 2. The van der Waals surface area contributed by atoms with Crippen molar-refractivity contribution in [3.8, 4) is 0 Å². The first-order chi connectivity index (χ1) is 12.3. The largest absolute Gasteiger partial charge is 0.323 e. The van der Waals surface area contributed by atoms with Crippen molar-refractivity contribution in [1.82, 2.24) is 10.2 Å². The molecule has 0 aliphatic heterocycles. The van der Waals surface area contributed by atoms with Gasteiger partial charge in [-0.25, -0.2) is 8.78 Å². The fraction of sp³-hybridized carbons (Fsp3) is 0.375. The molecule has 0 bridgehead atoms. The van der Waals surface area contributed by atoms with Crippen LogP contribution in [0.2, 0.25) is 0 Å². The lowest BCUT2D eigenvalue weighted by Crippen LogP contribution is -2.30. The van der Waals surface area contributed by atoms with E-state index in [2.05, 4.69) is 15.5 Å². The third-order valence-electron chi connectivity index (χ3n) is 3.69. The van der Waals surface area contributed by atoms with E-state index in [1.807, 2.05) is 0 Å². The highest BCUT2D eigenvalue weighted by Gasteiger charge is 2.34. The molecular weight excluding hydrogens is 382 g/mol. The van der Waals surface area contributed by atoms with E-state index < -0.39 is 22.8 Å². The van der Waals surface area contributed by atoms with E-state index in [9.17, 15) is 18.4 Å². The normalized spacial score (nSPS) is 14.8. The van der Waals surface area contributed by atoms with Gasteiger partial charge in [0.15, 0.2) is 4.34 Å². The van der Waals surface area contributed by atoms with Crippen LogP contribution in [0.15, 0.2) is 22.5 Å². The Morgan fingerprint density at radius 2 is 2.08 bits per heavy atom. The Hall–Kier alpha value is -2.07. The molecule has 1 fully saturated rings. The molecule has 0 saturated heterocycles. The number of amides is 2. The van der Waals surface area contributed by atoms with Gasteiger partial charge < -0.3 is 5.32 Å². The van der Waals surface area contributed by atoms with Crippen molar-refractivity contribution in [1.29, 1.82) is 0 Å². The van der Waals surface area contributed by atoms with Gasteiger partial charge in [-0.05, 0) is 31.9 Å². The zero-order valence-electron chi connectivity index (χ0n) is 14.0. The number of carbonyl (C=O) groups is 2. The van der Waals surface area contributed by atoms with E-state index >= 15 is 0 Å². The van der Waals surface area contributed by atoms with Crippen LogP contribution < -0.4 is 10.2 Å². The van der Waals surface area contributed by atoms with Gasteiger partial charge in [-0.2, -0.15) is 0 Å². The smallest absolute Gasteiger partial charge is 0.237 e. The molecule has 1 heterocycles. The van der Waals surface area contributed by atoms with Crippen LogP contribution >= 0.6 is 23.1 Å². The molecule has 2 aromatic rings. The first-order valence-electron chi connectivity index (χ1n) is 7.91. The molecule has 1 atom stereocenters. The second kappa shape index (κ2) is 7.67. The minimum absolute atomic E-state index is 0.0902. The average molecular weight is 398 g/mol. The van der Waals surface area contributed by atoms with Gasteiger partial charge in [0.25, 0.3) is 0 Å². The first kappa shape index (κ1) is 18.7. The van der Waals surface area contributed by atoms with Gasteiger partial charge in [-0.1, -0.05) is 23.1 Å². The highest BCUT2D eigenvalue weighted by atomic mass is 32.2. The Morgan fingerprint density at radius 1 is 1.35 bits per heavy atom. The number of nitrogens with one attached hydrogen (secondary N) is 1. The van der Waals surface area contributed by atoms with E-state index in [0.29, 0.717) is 9.47 Å². The summed E-state index contributed by atoms with van der Waals surface area (Å²) in [6.07, 6.45) is 1.89. The Bertz CT molecular complexity index is 841. The summed E-state index contributed by atoms with van der Waals surface area (Å²) in [7, 11) is 0. The van der Waals surface area contributed by atoms with E-state index in [1.165, 1.54) is 18.3 Å². The molecule has 1 saturated carbocycles. The molecule has 1 N–H and O–H groups in total. The molecule has 138 valence electrons. The fourth-order valence-electron chi connectivity index (χ4n) is 2.26. The van der Waals surface area contributed by atoms with Crippen LogP contribution in [0.4, 0.5) is 19.6 Å². The van der Waals surface area contributed by atoms with Crippen molar-refractivity contribution in [3.63, 3.8) is 0 Å². The van der Waals surface area contributed by atoms with Crippen molar-refractivity contribution in [2.45, 2.75) is 42.3 Å². The van der Waals surface area contributed by atoms with Gasteiger partial charge in [0.2, 0.25) is 16.9 Å². The van der Waals surface area contributed by atoms with Crippen molar-refractivity contribution in [3.05, 3.63) is 29.8 Å². The van der Waals surface area contributed by atoms with E-state index in [0.717, 1.165) is 42.8 Å². The molecule has 1 unspecified atom stereocenters. The molecule has 3 rings (SSSR count). The third kappa shape index (κ3) is 4.36. The maximum atomic E-state index is 13.6. The molecule has 2 amide bonds. The number of rotatable bonds is 6. The molecule has 10 heteroatoms. The van der Waals surface area contributed by atoms with E-state index in [1.54, 1.807) is 11.8 Å². The van der Waals surface area contributed by atoms with Crippen molar-refractivity contribution in [2.75, 3.05) is 10.2 Å². The highest BCUT2D eigenvalue weighted by molar-refractivity contribution is 8.02. The summed E-state index contributed by atoms with van der Waals surface area (Å²) in [5.74, 6) is -1.92. The lowest BCUT2D eigenvalue weighted by molar-refractivity contribution is -0.117. The summed E-state index contributed by atoms with van der Waals surface area (Å²) in [4.78, 5) is 25.6. The van der Waals surface area contributed by atoms with Crippen LogP contribution in [-0.2, 0) is 9.59 Å². The molecule has 1 aliphatic carbocycles. The summed E-state index contributed by atoms with van der Waals surface area (Å²) in [6, 6.07) is 3.03. The third-order valence-corrected chi connectivity index (χ3v) is 5.79. The number of carbonyl (C=O) groups excluding carboxylic acids is 2.